The maximum absolute atomic E-state index is 2.39. The highest BCUT2D eigenvalue weighted by atomic mass is 14.2. The quantitative estimate of drug-likeness (QED) is 0.161. The molecule has 0 aliphatic rings. The fourth-order valence-electron chi connectivity index (χ4n) is 8.21. The van der Waals surface area contributed by atoms with Gasteiger partial charge in [-0.05, 0) is 117 Å². The molecule has 0 aliphatic heterocycles. The molecule has 10 aromatic carbocycles. The molecular weight excluding hydrogens is 625 g/mol. The summed E-state index contributed by atoms with van der Waals surface area (Å²) in [4.78, 5) is 0. The van der Waals surface area contributed by atoms with Crippen LogP contribution in [0.15, 0.2) is 206 Å². The van der Waals surface area contributed by atoms with Gasteiger partial charge >= 0.3 is 0 Å². The van der Waals surface area contributed by atoms with Crippen LogP contribution in [0.2, 0.25) is 0 Å². The summed E-state index contributed by atoms with van der Waals surface area (Å²) in [6.07, 6.45) is 0. The Labute approximate surface area is 303 Å². The van der Waals surface area contributed by atoms with E-state index in [4.69, 9.17) is 0 Å². The van der Waals surface area contributed by atoms with Crippen molar-refractivity contribution in [1.29, 1.82) is 0 Å². The highest BCUT2D eigenvalue weighted by molar-refractivity contribution is 6.23. The van der Waals surface area contributed by atoms with Gasteiger partial charge in [0.2, 0.25) is 0 Å². The van der Waals surface area contributed by atoms with Gasteiger partial charge in [-0.15, -0.1) is 0 Å². The Bertz CT molecular complexity index is 2870. The van der Waals surface area contributed by atoms with E-state index in [1.807, 2.05) is 0 Å². The van der Waals surface area contributed by atoms with E-state index < -0.39 is 0 Å². The van der Waals surface area contributed by atoms with Crippen LogP contribution in [0.5, 0.6) is 0 Å². The number of fused-ring (bicyclic) bond motifs is 4. The van der Waals surface area contributed by atoms with Crippen molar-refractivity contribution in [3.63, 3.8) is 0 Å². The van der Waals surface area contributed by atoms with E-state index in [1.165, 1.54) is 98.7 Å². The van der Waals surface area contributed by atoms with Crippen LogP contribution in [0, 0.1) is 0 Å². The molecule has 10 rings (SSSR count). The second kappa shape index (κ2) is 12.5. The van der Waals surface area contributed by atoms with Crippen molar-refractivity contribution in [3.8, 4) is 55.6 Å². The molecule has 0 bridgehead atoms. The van der Waals surface area contributed by atoms with Crippen LogP contribution in [0.3, 0.4) is 0 Å². The molecule has 0 spiro atoms. The number of benzene rings is 10. The fourth-order valence-corrected chi connectivity index (χ4v) is 8.21. The molecule has 0 saturated heterocycles. The predicted molar refractivity (Wildman–Crippen MR) is 224 cm³/mol. The largest absolute Gasteiger partial charge is 0.0622 e. The fraction of sp³-hybridized carbons (Fsp3) is 0. The van der Waals surface area contributed by atoms with Crippen LogP contribution >= 0.6 is 0 Å². The first-order valence-corrected chi connectivity index (χ1v) is 18.0. The zero-order valence-corrected chi connectivity index (χ0v) is 28.6. The topological polar surface area (TPSA) is 0 Å². The third-order valence-electron chi connectivity index (χ3n) is 10.6. The maximum Gasteiger partial charge on any atom is -0.00201 e. The maximum atomic E-state index is 2.39. The van der Waals surface area contributed by atoms with Crippen molar-refractivity contribution in [1.82, 2.24) is 0 Å². The number of hydrogen-bond donors (Lipinski definition) is 0. The Balaban J connectivity index is 1.18. The van der Waals surface area contributed by atoms with E-state index in [1.54, 1.807) is 0 Å². The Morgan fingerprint density at radius 2 is 0.712 bits per heavy atom. The first-order valence-electron chi connectivity index (χ1n) is 18.0. The lowest BCUT2D eigenvalue weighted by atomic mass is 9.84. The molecule has 0 fully saturated rings. The molecule has 0 saturated carbocycles. The summed E-state index contributed by atoms with van der Waals surface area (Å²) in [5, 5.41) is 10.1. The Kier molecular flexibility index (Phi) is 7.25. The van der Waals surface area contributed by atoms with Crippen molar-refractivity contribution in [2.24, 2.45) is 0 Å². The molecule has 0 heterocycles. The first-order chi connectivity index (χ1) is 25.8. The lowest BCUT2D eigenvalue weighted by molar-refractivity contribution is 1.57. The lowest BCUT2D eigenvalue weighted by Crippen LogP contribution is -1.92. The van der Waals surface area contributed by atoms with Gasteiger partial charge < -0.3 is 0 Å². The van der Waals surface area contributed by atoms with Crippen molar-refractivity contribution in [2.45, 2.75) is 0 Å². The molecule has 0 N–H and O–H groups in total. The van der Waals surface area contributed by atoms with Gasteiger partial charge in [0.1, 0.15) is 0 Å². The summed E-state index contributed by atoms with van der Waals surface area (Å²) in [6, 6.07) is 75.5. The molecular formula is C52H34. The average molecular weight is 659 g/mol. The lowest BCUT2D eigenvalue weighted by Gasteiger charge is -2.19. The smallest absolute Gasteiger partial charge is 0.00201 e. The summed E-state index contributed by atoms with van der Waals surface area (Å²) in [7, 11) is 0. The molecule has 0 atom stereocenters. The molecule has 242 valence electrons. The van der Waals surface area contributed by atoms with E-state index >= 15 is 0 Å². The minimum Gasteiger partial charge on any atom is -0.0622 e. The van der Waals surface area contributed by atoms with Gasteiger partial charge in [0, 0.05) is 0 Å². The summed E-state index contributed by atoms with van der Waals surface area (Å²) in [6.45, 7) is 0. The van der Waals surface area contributed by atoms with Gasteiger partial charge in [-0.2, -0.15) is 0 Å². The van der Waals surface area contributed by atoms with Crippen molar-refractivity contribution in [3.05, 3.63) is 206 Å². The zero-order chi connectivity index (χ0) is 34.4. The number of hydrogen-bond acceptors (Lipinski definition) is 0. The molecule has 0 aliphatic carbocycles. The van der Waals surface area contributed by atoms with E-state index in [0.29, 0.717) is 0 Å². The number of rotatable bonds is 5. The van der Waals surface area contributed by atoms with E-state index in [9.17, 15) is 0 Å². The SMILES string of the molecule is c1ccc(-c2ccc(-c3ccc4ccc(-c5c6ccccc6c(-c6cccc7ccccc67)c6ccccc56)cc4c3)c(-c3ccccc3)c2)cc1. The van der Waals surface area contributed by atoms with Crippen LogP contribution < -0.4 is 0 Å². The summed E-state index contributed by atoms with van der Waals surface area (Å²) >= 11 is 0. The van der Waals surface area contributed by atoms with Crippen molar-refractivity contribution < 1.29 is 0 Å². The minimum atomic E-state index is 1.21. The molecule has 0 aromatic heterocycles. The highest BCUT2D eigenvalue weighted by Gasteiger charge is 2.18. The van der Waals surface area contributed by atoms with Crippen LogP contribution in [-0.2, 0) is 0 Å². The average Bonchev–Trinajstić information content (AvgIpc) is 3.22. The van der Waals surface area contributed by atoms with Crippen LogP contribution in [0.25, 0.3) is 98.7 Å². The van der Waals surface area contributed by atoms with Gasteiger partial charge in [0.15, 0.2) is 0 Å². The molecule has 0 heteroatoms. The first kappa shape index (κ1) is 30.1. The van der Waals surface area contributed by atoms with Gasteiger partial charge in [0.25, 0.3) is 0 Å². The van der Waals surface area contributed by atoms with Crippen LogP contribution in [0.4, 0.5) is 0 Å². The van der Waals surface area contributed by atoms with Crippen LogP contribution in [0.1, 0.15) is 0 Å². The van der Waals surface area contributed by atoms with Gasteiger partial charge in [-0.25, -0.2) is 0 Å². The standard InChI is InChI=1S/C52H34/c1-3-14-35(15-4-1)39-30-31-44(50(34-39)38-16-5-2-6-17-38)40-28-26-36-27-29-41(33-42(36)32-40)51-46-21-9-11-23-48(46)52(49-24-12-10-22-47(49)51)45-25-13-19-37-18-7-8-20-43(37)45/h1-34H. The monoisotopic (exact) mass is 658 g/mol. The molecule has 0 amide bonds. The molecule has 0 radical (unpaired) electrons. The second-order valence-electron chi connectivity index (χ2n) is 13.6. The minimum absolute atomic E-state index is 1.21. The molecule has 10 aromatic rings. The third-order valence-corrected chi connectivity index (χ3v) is 10.6. The van der Waals surface area contributed by atoms with Gasteiger partial charge in [-0.1, -0.05) is 188 Å². The summed E-state index contributed by atoms with van der Waals surface area (Å²) in [5.41, 5.74) is 12.4. The van der Waals surface area contributed by atoms with E-state index in [0.717, 1.165) is 0 Å². The normalized spacial score (nSPS) is 11.5. The zero-order valence-electron chi connectivity index (χ0n) is 28.6. The van der Waals surface area contributed by atoms with Crippen LogP contribution in [-0.4, -0.2) is 0 Å². The molecule has 0 nitrogen and oxygen atoms in total. The van der Waals surface area contributed by atoms with Gasteiger partial charge in [-0.3, -0.25) is 0 Å². The predicted octanol–water partition coefficient (Wildman–Crippen LogP) is 14.6. The van der Waals surface area contributed by atoms with Crippen molar-refractivity contribution >= 4 is 43.1 Å². The molecule has 52 heavy (non-hydrogen) atoms. The Morgan fingerprint density at radius 1 is 0.192 bits per heavy atom. The van der Waals surface area contributed by atoms with Gasteiger partial charge in [0.05, 0.1) is 0 Å². The Hall–Kier alpha value is -6.76. The summed E-state index contributed by atoms with van der Waals surface area (Å²) in [5.74, 6) is 0. The van der Waals surface area contributed by atoms with E-state index in [-0.39, 0.29) is 0 Å². The highest BCUT2D eigenvalue weighted by Crippen LogP contribution is 2.46. The molecule has 0 unspecified atom stereocenters. The third kappa shape index (κ3) is 5.08. The second-order valence-corrected chi connectivity index (χ2v) is 13.6. The van der Waals surface area contributed by atoms with E-state index in [2.05, 4.69) is 206 Å². The Morgan fingerprint density at radius 3 is 1.40 bits per heavy atom. The summed E-state index contributed by atoms with van der Waals surface area (Å²) < 4.78 is 0. The van der Waals surface area contributed by atoms with Crippen molar-refractivity contribution in [2.75, 3.05) is 0 Å².